The van der Waals surface area contributed by atoms with Crippen molar-refractivity contribution in [1.29, 1.82) is 0 Å². The second kappa shape index (κ2) is 6.00. The van der Waals surface area contributed by atoms with E-state index in [1.165, 1.54) is 0 Å². The van der Waals surface area contributed by atoms with Crippen LogP contribution in [0, 0.1) is 13.8 Å². The van der Waals surface area contributed by atoms with E-state index < -0.39 is 0 Å². The minimum atomic E-state index is 0.561. The summed E-state index contributed by atoms with van der Waals surface area (Å²) in [7, 11) is 1.62. The molecule has 0 bridgehead atoms. The Hall–Kier alpha value is -1.95. The summed E-state index contributed by atoms with van der Waals surface area (Å²) in [5, 5.41) is 0.846. The molecule has 20 heavy (non-hydrogen) atoms. The van der Waals surface area contributed by atoms with E-state index in [1.807, 2.05) is 19.9 Å². The van der Waals surface area contributed by atoms with Crippen molar-refractivity contribution in [2.24, 2.45) is 5.73 Å². The number of hydrogen-bond acceptors (Lipinski definition) is 6. The Morgan fingerprint density at radius 1 is 1.25 bits per heavy atom. The van der Waals surface area contributed by atoms with Crippen LogP contribution in [0.15, 0.2) is 6.07 Å². The van der Waals surface area contributed by atoms with Crippen LogP contribution in [0.1, 0.15) is 18.4 Å². The van der Waals surface area contributed by atoms with Crippen molar-refractivity contribution in [3.8, 4) is 5.88 Å². The van der Waals surface area contributed by atoms with Crippen LogP contribution in [0.3, 0.4) is 0 Å². The number of anilines is 1. The molecular weight excluding hydrogens is 254 g/mol. The number of ether oxygens (including phenoxy) is 1. The van der Waals surface area contributed by atoms with E-state index in [0.29, 0.717) is 12.4 Å². The number of methoxy groups -OCH3 is 1. The molecule has 0 saturated carbocycles. The van der Waals surface area contributed by atoms with Crippen molar-refractivity contribution in [3.05, 3.63) is 17.6 Å². The maximum Gasteiger partial charge on any atom is 0.226 e. The van der Waals surface area contributed by atoms with Gasteiger partial charge in [-0.1, -0.05) is 0 Å². The zero-order valence-electron chi connectivity index (χ0n) is 12.5. The van der Waals surface area contributed by atoms with Gasteiger partial charge in [-0.3, -0.25) is 0 Å². The van der Waals surface area contributed by atoms with Crippen molar-refractivity contribution in [1.82, 2.24) is 15.0 Å². The normalized spacial score (nSPS) is 10.8. The van der Waals surface area contributed by atoms with E-state index in [0.717, 1.165) is 41.3 Å². The summed E-state index contributed by atoms with van der Waals surface area (Å²) in [5.74, 6) is 2.13. The number of likely N-dealkylation sites (N-methyl/N-ethyl adjacent to an activating group) is 1. The van der Waals surface area contributed by atoms with Gasteiger partial charge in [0.25, 0.3) is 0 Å². The first-order valence-corrected chi connectivity index (χ1v) is 6.75. The standard InChI is InChI=1S/C14H21N5O/c1-5-19(7-6-15)13-12-11(17-10(3)18-13)8-9(2)16-14(12)20-4/h8H,5-7,15H2,1-4H3. The molecular formula is C14H21N5O. The third-order valence-electron chi connectivity index (χ3n) is 3.14. The summed E-state index contributed by atoms with van der Waals surface area (Å²) < 4.78 is 5.41. The number of nitrogens with zero attached hydrogens (tertiary/aromatic N) is 4. The number of pyridine rings is 1. The monoisotopic (exact) mass is 275 g/mol. The Labute approximate surface area is 119 Å². The van der Waals surface area contributed by atoms with Gasteiger partial charge in [-0.2, -0.15) is 0 Å². The fourth-order valence-electron chi connectivity index (χ4n) is 2.28. The lowest BCUT2D eigenvalue weighted by Gasteiger charge is -2.23. The predicted molar refractivity (Wildman–Crippen MR) is 80.3 cm³/mol. The fraction of sp³-hybridized carbons (Fsp3) is 0.500. The van der Waals surface area contributed by atoms with Gasteiger partial charge in [0.15, 0.2) is 0 Å². The molecule has 2 heterocycles. The highest BCUT2D eigenvalue weighted by molar-refractivity contribution is 5.94. The van der Waals surface area contributed by atoms with E-state index in [1.54, 1.807) is 7.11 Å². The molecule has 0 fully saturated rings. The van der Waals surface area contributed by atoms with Crippen molar-refractivity contribution in [3.63, 3.8) is 0 Å². The summed E-state index contributed by atoms with van der Waals surface area (Å²) in [6.45, 7) is 8.02. The molecule has 6 heteroatoms. The molecule has 0 radical (unpaired) electrons. The number of aromatic nitrogens is 3. The molecule has 2 aromatic rings. The summed E-state index contributed by atoms with van der Waals surface area (Å²) >= 11 is 0. The van der Waals surface area contributed by atoms with Crippen LogP contribution < -0.4 is 15.4 Å². The molecule has 0 unspecified atom stereocenters. The number of hydrogen-bond donors (Lipinski definition) is 1. The summed E-state index contributed by atoms with van der Waals surface area (Å²) in [6, 6.07) is 1.95. The van der Waals surface area contributed by atoms with Crippen LogP contribution >= 0.6 is 0 Å². The quantitative estimate of drug-likeness (QED) is 0.889. The number of rotatable bonds is 5. The summed E-state index contributed by atoms with van der Waals surface area (Å²) in [5.41, 5.74) is 7.42. The number of fused-ring (bicyclic) bond motifs is 1. The lowest BCUT2D eigenvalue weighted by molar-refractivity contribution is 0.402. The smallest absolute Gasteiger partial charge is 0.226 e. The van der Waals surface area contributed by atoms with Gasteiger partial charge in [0.05, 0.1) is 12.6 Å². The lowest BCUT2D eigenvalue weighted by Crippen LogP contribution is -2.30. The third-order valence-corrected chi connectivity index (χ3v) is 3.14. The molecule has 108 valence electrons. The van der Waals surface area contributed by atoms with Crippen molar-refractivity contribution in [2.75, 3.05) is 31.6 Å². The van der Waals surface area contributed by atoms with Gasteiger partial charge in [0, 0.05) is 25.3 Å². The largest absolute Gasteiger partial charge is 0.480 e. The SMILES string of the molecule is CCN(CCN)c1nc(C)nc2cc(C)nc(OC)c12. The van der Waals surface area contributed by atoms with Crippen LogP contribution in [-0.2, 0) is 0 Å². The molecule has 0 atom stereocenters. The molecule has 2 N–H and O–H groups in total. The van der Waals surface area contributed by atoms with E-state index in [-0.39, 0.29) is 0 Å². The highest BCUT2D eigenvalue weighted by Crippen LogP contribution is 2.31. The van der Waals surface area contributed by atoms with Gasteiger partial charge in [-0.15, -0.1) is 0 Å². The summed E-state index contributed by atoms with van der Waals surface area (Å²) in [6.07, 6.45) is 0. The fourth-order valence-corrected chi connectivity index (χ4v) is 2.28. The predicted octanol–water partition coefficient (Wildman–Crippen LogP) is 1.44. The summed E-state index contributed by atoms with van der Waals surface area (Å²) in [4.78, 5) is 15.6. The Morgan fingerprint density at radius 2 is 2.00 bits per heavy atom. The molecule has 0 aliphatic rings. The highest BCUT2D eigenvalue weighted by Gasteiger charge is 2.17. The number of aryl methyl sites for hydroxylation is 2. The van der Waals surface area contributed by atoms with Crippen LogP contribution in [0.2, 0.25) is 0 Å². The van der Waals surface area contributed by atoms with E-state index in [4.69, 9.17) is 10.5 Å². The second-order valence-corrected chi connectivity index (χ2v) is 4.63. The molecule has 0 amide bonds. The van der Waals surface area contributed by atoms with Crippen LogP contribution in [0.25, 0.3) is 10.9 Å². The molecule has 6 nitrogen and oxygen atoms in total. The average molecular weight is 275 g/mol. The molecule has 0 spiro atoms. The Bertz CT molecular complexity index is 609. The van der Waals surface area contributed by atoms with Gasteiger partial charge in [-0.05, 0) is 26.8 Å². The second-order valence-electron chi connectivity index (χ2n) is 4.63. The van der Waals surface area contributed by atoms with Gasteiger partial charge >= 0.3 is 0 Å². The van der Waals surface area contributed by atoms with Gasteiger partial charge < -0.3 is 15.4 Å². The molecule has 0 aliphatic heterocycles. The minimum Gasteiger partial charge on any atom is -0.480 e. The van der Waals surface area contributed by atoms with Crippen molar-refractivity contribution < 1.29 is 4.74 Å². The van der Waals surface area contributed by atoms with Gasteiger partial charge in [0.2, 0.25) is 5.88 Å². The van der Waals surface area contributed by atoms with Gasteiger partial charge in [-0.25, -0.2) is 15.0 Å². The highest BCUT2D eigenvalue weighted by atomic mass is 16.5. The zero-order valence-corrected chi connectivity index (χ0v) is 12.5. The van der Waals surface area contributed by atoms with Crippen LogP contribution in [-0.4, -0.2) is 41.7 Å². The first kappa shape index (κ1) is 14.5. The minimum absolute atomic E-state index is 0.561. The Balaban J connectivity index is 2.74. The third kappa shape index (κ3) is 2.65. The molecule has 2 aromatic heterocycles. The van der Waals surface area contributed by atoms with Crippen LogP contribution in [0.4, 0.5) is 5.82 Å². The van der Waals surface area contributed by atoms with Gasteiger partial charge in [0.1, 0.15) is 17.0 Å². The van der Waals surface area contributed by atoms with Crippen molar-refractivity contribution >= 4 is 16.7 Å². The molecule has 0 saturated heterocycles. The van der Waals surface area contributed by atoms with Crippen molar-refractivity contribution in [2.45, 2.75) is 20.8 Å². The Kier molecular flexibility index (Phi) is 4.34. The number of nitrogens with two attached hydrogens (primary N) is 1. The lowest BCUT2D eigenvalue weighted by atomic mass is 10.2. The Morgan fingerprint density at radius 3 is 2.60 bits per heavy atom. The van der Waals surface area contributed by atoms with Crippen LogP contribution in [0.5, 0.6) is 5.88 Å². The average Bonchev–Trinajstić information content (AvgIpc) is 2.42. The van der Waals surface area contributed by atoms with E-state index in [9.17, 15) is 0 Å². The molecule has 2 rings (SSSR count). The molecule has 0 aliphatic carbocycles. The zero-order chi connectivity index (χ0) is 14.7. The maximum absolute atomic E-state index is 5.69. The first-order chi connectivity index (χ1) is 9.60. The molecule has 0 aromatic carbocycles. The van der Waals surface area contributed by atoms with E-state index >= 15 is 0 Å². The maximum atomic E-state index is 5.69. The topological polar surface area (TPSA) is 77.2 Å². The first-order valence-electron chi connectivity index (χ1n) is 6.75. The van der Waals surface area contributed by atoms with E-state index in [2.05, 4.69) is 26.8 Å².